The largest absolute Gasteiger partial charge is 0.328 e. The quantitative estimate of drug-likeness (QED) is 0.558. The van der Waals surface area contributed by atoms with E-state index in [9.17, 15) is 0 Å². The molecule has 4 heteroatoms. The molecule has 0 atom stereocenters. The highest BCUT2D eigenvalue weighted by molar-refractivity contribution is 7.99. The molecule has 1 aliphatic heterocycles. The second-order valence-electron chi connectivity index (χ2n) is 7.23. The molecule has 160 valence electrons. The molecule has 1 saturated heterocycles. The lowest BCUT2D eigenvalue weighted by molar-refractivity contribution is 0.289. The fourth-order valence-electron chi connectivity index (χ4n) is 3.67. The summed E-state index contributed by atoms with van der Waals surface area (Å²) in [7, 11) is 0. The molecule has 2 aromatic heterocycles. The van der Waals surface area contributed by atoms with E-state index in [1.165, 1.54) is 65.3 Å². The van der Waals surface area contributed by atoms with Gasteiger partial charge in [0, 0.05) is 55.0 Å². The Morgan fingerprint density at radius 1 is 1.04 bits per heavy atom. The Hall–Kier alpha value is -1.000. The van der Waals surface area contributed by atoms with E-state index in [0.29, 0.717) is 0 Å². The maximum Gasteiger partial charge on any atom is 0.140 e. The minimum atomic E-state index is 1.08. The monoisotopic (exact) mass is 405 g/mol. The van der Waals surface area contributed by atoms with E-state index in [1.807, 2.05) is 20.0 Å². The Balaban J connectivity index is 0.000000717. The van der Waals surface area contributed by atoms with Gasteiger partial charge in [0.05, 0.1) is 0 Å². The van der Waals surface area contributed by atoms with Gasteiger partial charge in [0.2, 0.25) is 0 Å². The van der Waals surface area contributed by atoms with E-state index in [4.69, 9.17) is 4.98 Å². The Bertz CT molecular complexity index is 672. The molecule has 0 aliphatic carbocycles. The molecular weight excluding hydrogens is 362 g/mol. The molecule has 0 spiro atoms. The van der Waals surface area contributed by atoms with Gasteiger partial charge in [-0.05, 0) is 37.0 Å². The van der Waals surface area contributed by atoms with E-state index in [2.05, 4.69) is 61.9 Å². The molecule has 0 amide bonds. The first-order chi connectivity index (χ1) is 13.7. The molecule has 0 bridgehead atoms. The van der Waals surface area contributed by atoms with Crippen molar-refractivity contribution in [2.24, 2.45) is 0 Å². The summed E-state index contributed by atoms with van der Waals surface area (Å²) >= 11 is 2.08. The van der Waals surface area contributed by atoms with Crippen LogP contribution in [0.25, 0.3) is 11.0 Å². The summed E-state index contributed by atoms with van der Waals surface area (Å²) in [5, 5.41) is 1.38. The first kappa shape index (κ1) is 25.0. The molecule has 3 nitrogen and oxygen atoms in total. The number of fused-ring (bicyclic) bond motifs is 1. The van der Waals surface area contributed by atoms with Gasteiger partial charge in [-0.3, -0.25) is 4.90 Å². The van der Waals surface area contributed by atoms with Gasteiger partial charge in [0.25, 0.3) is 0 Å². The van der Waals surface area contributed by atoms with Crippen LogP contribution >= 0.6 is 11.8 Å². The van der Waals surface area contributed by atoms with Crippen molar-refractivity contribution >= 4 is 22.8 Å². The van der Waals surface area contributed by atoms with E-state index in [0.717, 1.165) is 25.9 Å². The van der Waals surface area contributed by atoms with Gasteiger partial charge in [-0.2, -0.15) is 11.8 Å². The topological polar surface area (TPSA) is 21.1 Å². The average Bonchev–Trinajstić information content (AvgIpc) is 3.01. The third-order valence-corrected chi connectivity index (χ3v) is 5.78. The lowest BCUT2D eigenvalue weighted by atomic mass is 10.1. The smallest absolute Gasteiger partial charge is 0.140 e. The Morgan fingerprint density at radius 2 is 1.68 bits per heavy atom. The zero-order chi connectivity index (χ0) is 20.9. The number of rotatable bonds is 6. The Morgan fingerprint density at radius 3 is 2.25 bits per heavy atom. The molecule has 0 saturated carbocycles. The summed E-state index contributed by atoms with van der Waals surface area (Å²) in [5.74, 6) is 2.57. The van der Waals surface area contributed by atoms with E-state index < -0.39 is 0 Å². The number of aromatic nitrogens is 2. The molecule has 1 aliphatic rings. The minimum Gasteiger partial charge on any atom is -0.328 e. The molecule has 0 aromatic carbocycles. The minimum absolute atomic E-state index is 1.08. The molecule has 28 heavy (non-hydrogen) atoms. The van der Waals surface area contributed by atoms with Crippen molar-refractivity contribution in [2.75, 3.05) is 31.1 Å². The van der Waals surface area contributed by atoms with Crippen LogP contribution in [0.5, 0.6) is 0 Å². The summed E-state index contributed by atoms with van der Waals surface area (Å²) in [4.78, 5) is 7.41. The fourth-order valence-corrected chi connectivity index (χ4v) is 4.65. The number of hydrogen-bond donors (Lipinski definition) is 0. The van der Waals surface area contributed by atoms with E-state index >= 15 is 0 Å². The lowest BCUT2D eigenvalue weighted by Crippen LogP contribution is -2.35. The zero-order valence-electron chi connectivity index (χ0n) is 19.5. The third-order valence-electron chi connectivity index (χ3n) is 4.84. The summed E-state index contributed by atoms with van der Waals surface area (Å²) < 4.78 is 2.51. The number of aryl methyl sites for hydroxylation is 2. The first-order valence-electron chi connectivity index (χ1n) is 11.4. The van der Waals surface area contributed by atoms with Crippen LogP contribution in [0, 0.1) is 6.92 Å². The van der Waals surface area contributed by atoms with Gasteiger partial charge in [-0.1, -0.05) is 54.4 Å². The van der Waals surface area contributed by atoms with Crippen molar-refractivity contribution in [3.63, 3.8) is 0 Å². The van der Waals surface area contributed by atoms with E-state index in [-0.39, 0.29) is 0 Å². The summed E-state index contributed by atoms with van der Waals surface area (Å²) in [6.07, 6.45) is 6.73. The second-order valence-corrected chi connectivity index (χ2v) is 8.45. The number of thioether (sulfide) groups is 1. The predicted octanol–water partition coefficient (Wildman–Crippen LogP) is 6.35. The molecule has 3 heterocycles. The molecule has 1 fully saturated rings. The number of nitrogens with zero attached hydrogens (tertiary/aromatic N) is 3. The van der Waals surface area contributed by atoms with Gasteiger partial charge in [-0.25, -0.2) is 4.98 Å². The SMILES string of the molecule is CC.CCC.CCCc1c(CC)c2cc(C)cnc2n1CCN1CCSCC1. The third kappa shape index (κ3) is 6.81. The van der Waals surface area contributed by atoms with Crippen molar-refractivity contribution in [3.8, 4) is 0 Å². The highest BCUT2D eigenvalue weighted by Crippen LogP contribution is 2.27. The van der Waals surface area contributed by atoms with Crippen molar-refractivity contribution in [2.45, 2.75) is 80.7 Å². The highest BCUT2D eigenvalue weighted by Gasteiger charge is 2.18. The highest BCUT2D eigenvalue weighted by atomic mass is 32.2. The van der Waals surface area contributed by atoms with Gasteiger partial charge in [-0.15, -0.1) is 0 Å². The van der Waals surface area contributed by atoms with Crippen LogP contribution in [0.15, 0.2) is 12.3 Å². The van der Waals surface area contributed by atoms with Crippen LogP contribution < -0.4 is 0 Å². The maximum absolute atomic E-state index is 4.80. The number of hydrogen-bond acceptors (Lipinski definition) is 3. The molecule has 0 N–H and O–H groups in total. The van der Waals surface area contributed by atoms with Crippen LogP contribution in [0.1, 0.15) is 71.2 Å². The zero-order valence-corrected chi connectivity index (χ0v) is 20.3. The summed E-state index contributed by atoms with van der Waals surface area (Å²) in [5.41, 5.74) is 5.50. The van der Waals surface area contributed by atoms with Crippen LogP contribution in [-0.2, 0) is 19.4 Å². The number of pyridine rings is 1. The Kier molecular flexibility index (Phi) is 12.6. The molecular formula is C24H43N3S. The average molecular weight is 406 g/mol. The standard InChI is InChI=1S/C19H29N3S.C3H8.C2H6/c1-4-6-18-16(5-2)17-13-15(3)14-20-19(17)22(18)8-7-21-9-11-23-12-10-21;1-3-2;1-2/h13-14H,4-12H2,1-3H3;3H2,1-2H3;1-2H3. The fraction of sp³-hybridized carbons (Fsp3) is 0.708. The summed E-state index contributed by atoms with van der Waals surface area (Å²) in [6.45, 7) is 19.7. The van der Waals surface area contributed by atoms with Crippen molar-refractivity contribution in [1.29, 1.82) is 0 Å². The molecule has 0 radical (unpaired) electrons. The molecule has 3 rings (SSSR count). The lowest BCUT2D eigenvalue weighted by Gasteiger charge is -2.26. The van der Waals surface area contributed by atoms with Gasteiger partial charge in [0.1, 0.15) is 5.65 Å². The molecule has 2 aromatic rings. The van der Waals surface area contributed by atoms with Gasteiger partial charge >= 0.3 is 0 Å². The van der Waals surface area contributed by atoms with Gasteiger partial charge < -0.3 is 4.57 Å². The van der Waals surface area contributed by atoms with Crippen molar-refractivity contribution in [1.82, 2.24) is 14.5 Å². The van der Waals surface area contributed by atoms with Crippen LogP contribution in [0.3, 0.4) is 0 Å². The van der Waals surface area contributed by atoms with Crippen molar-refractivity contribution < 1.29 is 0 Å². The van der Waals surface area contributed by atoms with Crippen molar-refractivity contribution in [3.05, 3.63) is 29.1 Å². The van der Waals surface area contributed by atoms with Gasteiger partial charge in [0.15, 0.2) is 0 Å². The summed E-state index contributed by atoms with van der Waals surface area (Å²) in [6, 6.07) is 2.33. The van der Waals surface area contributed by atoms with Crippen LogP contribution in [-0.4, -0.2) is 45.6 Å². The second kappa shape index (κ2) is 14.1. The van der Waals surface area contributed by atoms with E-state index in [1.54, 1.807) is 0 Å². The Labute approximate surface area is 178 Å². The maximum atomic E-state index is 4.80. The molecule has 0 unspecified atom stereocenters. The first-order valence-corrected chi connectivity index (χ1v) is 12.6. The predicted molar refractivity (Wildman–Crippen MR) is 129 cm³/mol. The van der Waals surface area contributed by atoms with Crippen LogP contribution in [0.4, 0.5) is 0 Å². The van der Waals surface area contributed by atoms with Crippen LogP contribution in [0.2, 0.25) is 0 Å². The normalized spacial score (nSPS) is 14.2.